The lowest BCUT2D eigenvalue weighted by molar-refractivity contribution is -0.117. The van der Waals surface area contributed by atoms with E-state index in [0.717, 1.165) is 12.8 Å². The Kier molecular flexibility index (Phi) is 6.50. The lowest BCUT2D eigenvalue weighted by Crippen LogP contribution is -2.41. The molecule has 7 heteroatoms. The van der Waals surface area contributed by atoms with Crippen LogP contribution in [0.2, 0.25) is 5.02 Å². The van der Waals surface area contributed by atoms with Crippen molar-refractivity contribution in [2.45, 2.75) is 39.0 Å². The normalized spacial score (nSPS) is 14.7. The minimum atomic E-state index is -0.297. The SMILES string of the molecule is Cc1cc(NC(=O)CN(CC2CCCCC2)C(=O)c2cccc(Cl)c2)no1. The number of hydrogen-bond donors (Lipinski definition) is 1. The average molecular weight is 390 g/mol. The van der Waals surface area contributed by atoms with Crippen LogP contribution in [0.25, 0.3) is 0 Å². The van der Waals surface area contributed by atoms with Gasteiger partial charge in [-0.05, 0) is 43.9 Å². The Morgan fingerprint density at radius 2 is 2.04 bits per heavy atom. The van der Waals surface area contributed by atoms with Gasteiger partial charge in [-0.1, -0.05) is 42.1 Å². The van der Waals surface area contributed by atoms with E-state index >= 15 is 0 Å². The van der Waals surface area contributed by atoms with Crippen LogP contribution in [0.4, 0.5) is 5.82 Å². The van der Waals surface area contributed by atoms with E-state index in [9.17, 15) is 9.59 Å². The second kappa shape index (κ2) is 9.04. The van der Waals surface area contributed by atoms with Crippen molar-refractivity contribution >= 4 is 29.2 Å². The van der Waals surface area contributed by atoms with Gasteiger partial charge in [0.05, 0.1) is 0 Å². The van der Waals surface area contributed by atoms with E-state index in [4.69, 9.17) is 16.1 Å². The number of benzene rings is 1. The van der Waals surface area contributed by atoms with Gasteiger partial charge < -0.3 is 14.7 Å². The van der Waals surface area contributed by atoms with Crippen LogP contribution in [0.3, 0.4) is 0 Å². The Morgan fingerprint density at radius 1 is 1.26 bits per heavy atom. The Hall–Kier alpha value is -2.34. The third-order valence-corrected chi connectivity index (χ3v) is 5.03. The van der Waals surface area contributed by atoms with Gasteiger partial charge in [0.1, 0.15) is 12.3 Å². The van der Waals surface area contributed by atoms with Gasteiger partial charge in [-0.3, -0.25) is 9.59 Å². The molecule has 6 nitrogen and oxygen atoms in total. The molecular weight excluding hydrogens is 366 g/mol. The van der Waals surface area contributed by atoms with Crippen LogP contribution in [-0.2, 0) is 4.79 Å². The van der Waals surface area contributed by atoms with Gasteiger partial charge in [0.2, 0.25) is 5.91 Å². The van der Waals surface area contributed by atoms with Crippen molar-refractivity contribution in [2.75, 3.05) is 18.4 Å². The first-order valence-electron chi connectivity index (χ1n) is 9.29. The third-order valence-electron chi connectivity index (χ3n) is 4.79. The number of amides is 2. The highest BCUT2D eigenvalue weighted by Gasteiger charge is 2.24. The highest BCUT2D eigenvalue weighted by molar-refractivity contribution is 6.31. The second-order valence-electron chi connectivity index (χ2n) is 7.07. The van der Waals surface area contributed by atoms with E-state index in [0.29, 0.717) is 34.6 Å². The summed E-state index contributed by atoms with van der Waals surface area (Å²) in [5.41, 5.74) is 0.489. The van der Waals surface area contributed by atoms with E-state index in [1.807, 2.05) is 0 Å². The first-order valence-corrected chi connectivity index (χ1v) is 9.67. The Bertz CT molecular complexity index is 799. The van der Waals surface area contributed by atoms with Gasteiger partial charge in [0.25, 0.3) is 5.91 Å². The van der Waals surface area contributed by atoms with Gasteiger partial charge >= 0.3 is 0 Å². The maximum Gasteiger partial charge on any atom is 0.254 e. The molecule has 1 saturated carbocycles. The second-order valence-corrected chi connectivity index (χ2v) is 7.51. The number of anilines is 1. The van der Waals surface area contributed by atoms with Crippen LogP contribution in [-0.4, -0.2) is 35.0 Å². The minimum Gasteiger partial charge on any atom is -0.360 e. The van der Waals surface area contributed by atoms with E-state index < -0.39 is 0 Å². The van der Waals surface area contributed by atoms with Crippen molar-refractivity contribution in [3.05, 3.63) is 46.7 Å². The number of nitrogens with one attached hydrogen (secondary N) is 1. The Balaban J connectivity index is 1.71. The third kappa shape index (κ3) is 5.57. The van der Waals surface area contributed by atoms with Crippen molar-refractivity contribution < 1.29 is 14.1 Å². The molecule has 2 aromatic rings. The van der Waals surface area contributed by atoms with Crippen molar-refractivity contribution in [1.29, 1.82) is 0 Å². The van der Waals surface area contributed by atoms with Gasteiger partial charge in [-0.15, -0.1) is 0 Å². The fourth-order valence-electron chi connectivity index (χ4n) is 3.49. The van der Waals surface area contributed by atoms with Gasteiger partial charge in [0, 0.05) is 23.2 Å². The molecule has 0 atom stereocenters. The number of aryl methyl sites for hydroxylation is 1. The number of hydrogen-bond acceptors (Lipinski definition) is 4. The zero-order valence-electron chi connectivity index (χ0n) is 15.4. The first kappa shape index (κ1) is 19.4. The molecule has 1 aromatic carbocycles. The molecule has 0 unspecified atom stereocenters. The number of aromatic nitrogens is 1. The smallest absolute Gasteiger partial charge is 0.254 e. The Labute approximate surface area is 163 Å². The van der Waals surface area contributed by atoms with Crippen molar-refractivity contribution in [2.24, 2.45) is 5.92 Å². The maximum atomic E-state index is 13.0. The van der Waals surface area contributed by atoms with Crippen LogP contribution in [0.15, 0.2) is 34.9 Å². The molecule has 3 rings (SSSR count). The maximum absolute atomic E-state index is 13.0. The first-order chi connectivity index (χ1) is 13.0. The lowest BCUT2D eigenvalue weighted by Gasteiger charge is -2.29. The molecule has 144 valence electrons. The topological polar surface area (TPSA) is 75.4 Å². The largest absolute Gasteiger partial charge is 0.360 e. The summed E-state index contributed by atoms with van der Waals surface area (Å²) in [6, 6.07) is 8.47. The molecule has 1 aromatic heterocycles. The van der Waals surface area contributed by atoms with Crippen molar-refractivity contribution in [3.8, 4) is 0 Å². The zero-order valence-corrected chi connectivity index (χ0v) is 16.2. The molecule has 1 fully saturated rings. The predicted molar refractivity (Wildman–Crippen MR) is 104 cm³/mol. The Morgan fingerprint density at radius 3 is 2.70 bits per heavy atom. The standard InChI is InChI=1S/C20H24ClN3O3/c1-14-10-18(23-27-14)22-19(25)13-24(12-15-6-3-2-4-7-15)20(26)16-8-5-9-17(21)11-16/h5,8-11,15H,2-4,6-7,12-13H2,1H3,(H,22,23,25). The summed E-state index contributed by atoms with van der Waals surface area (Å²) in [6.45, 7) is 2.28. The summed E-state index contributed by atoms with van der Waals surface area (Å²) >= 11 is 6.03. The quantitative estimate of drug-likeness (QED) is 0.799. The van der Waals surface area contributed by atoms with Crippen molar-refractivity contribution in [1.82, 2.24) is 10.1 Å². The number of halogens is 1. The molecular formula is C20H24ClN3O3. The van der Waals surface area contributed by atoms with E-state index in [1.165, 1.54) is 19.3 Å². The summed E-state index contributed by atoms with van der Waals surface area (Å²) in [6.07, 6.45) is 5.76. The predicted octanol–water partition coefficient (Wildman–Crippen LogP) is 4.30. The zero-order chi connectivity index (χ0) is 19.2. The fraction of sp³-hybridized carbons (Fsp3) is 0.450. The summed E-state index contributed by atoms with van der Waals surface area (Å²) in [4.78, 5) is 27.1. The van der Waals surface area contributed by atoms with Gasteiger partial charge in [-0.2, -0.15) is 0 Å². The van der Waals surface area contributed by atoms with Gasteiger partial charge in [0.15, 0.2) is 5.82 Å². The van der Waals surface area contributed by atoms with Crippen LogP contribution in [0.1, 0.15) is 48.2 Å². The molecule has 0 aliphatic heterocycles. The number of carbonyl (C=O) groups excluding carboxylic acids is 2. The molecule has 1 heterocycles. The molecule has 0 radical (unpaired) electrons. The highest BCUT2D eigenvalue weighted by atomic mass is 35.5. The average Bonchev–Trinajstić information content (AvgIpc) is 3.06. The van der Waals surface area contributed by atoms with E-state index in [2.05, 4.69) is 10.5 Å². The summed E-state index contributed by atoms with van der Waals surface area (Å²) in [5, 5.41) is 6.95. The van der Waals surface area contributed by atoms with Crippen LogP contribution in [0, 0.1) is 12.8 Å². The molecule has 0 saturated heterocycles. The molecule has 0 bridgehead atoms. The summed E-state index contributed by atoms with van der Waals surface area (Å²) in [5.74, 6) is 0.901. The van der Waals surface area contributed by atoms with E-state index in [-0.39, 0.29) is 18.4 Å². The number of rotatable bonds is 6. The minimum absolute atomic E-state index is 0.0340. The number of nitrogens with zero attached hydrogens (tertiary/aromatic N) is 2. The highest BCUT2D eigenvalue weighted by Crippen LogP contribution is 2.25. The van der Waals surface area contributed by atoms with Crippen LogP contribution >= 0.6 is 11.6 Å². The molecule has 1 aliphatic rings. The molecule has 1 N–H and O–H groups in total. The summed E-state index contributed by atoms with van der Waals surface area (Å²) < 4.78 is 4.96. The molecule has 1 aliphatic carbocycles. The van der Waals surface area contributed by atoms with Crippen LogP contribution < -0.4 is 5.32 Å². The number of carbonyl (C=O) groups is 2. The lowest BCUT2D eigenvalue weighted by atomic mass is 9.89. The van der Waals surface area contributed by atoms with Crippen LogP contribution in [0.5, 0.6) is 0 Å². The molecule has 27 heavy (non-hydrogen) atoms. The molecule has 2 amide bonds. The van der Waals surface area contributed by atoms with E-state index in [1.54, 1.807) is 42.2 Å². The fourth-order valence-corrected chi connectivity index (χ4v) is 3.68. The molecule has 0 spiro atoms. The van der Waals surface area contributed by atoms with Gasteiger partial charge in [-0.25, -0.2) is 0 Å². The summed E-state index contributed by atoms with van der Waals surface area (Å²) in [7, 11) is 0. The monoisotopic (exact) mass is 389 g/mol. The van der Waals surface area contributed by atoms with Crippen molar-refractivity contribution in [3.63, 3.8) is 0 Å².